The molecule has 0 saturated carbocycles. The maximum absolute atomic E-state index is 13.4. The van der Waals surface area contributed by atoms with E-state index < -0.39 is 24.7 Å². The molecule has 1 N–H and O–H groups in total. The van der Waals surface area contributed by atoms with Gasteiger partial charge in [-0.15, -0.1) is 0 Å². The Labute approximate surface area is 202 Å². The number of alkyl halides is 2. The van der Waals surface area contributed by atoms with Crippen molar-refractivity contribution < 1.29 is 23.2 Å². The lowest BCUT2D eigenvalue weighted by Crippen LogP contribution is -2.52. The highest BCUT2D eigenvalue weighted by atomic mass is 35.5. The van der Waals surface area contributed by atoms with E-state index in [1.54, 1.807) is 53.4 Å². The molecule has 3 rings (SSSR count). The quantitative estimate of drug-likeness (QED) is 0.571. The van der Waals surface area contributed by atoms with E-state index in [1.165, 1.54) is 0 Å². The Hall–Kier alpha value is -3.04. The number of anilines is 1. The number of halogens is 3. The van der Waals surface area contributed by atoms with Crippen LogP contribution >= 0.6 is 11.6 Å². The molecule has 0 atom stereocenters. The third-order valence-electron chi connectivity index (χ3n) is 5.70. The third-order valence-corrected chi connectivity index (χ3v) is 5.95. The number of carbonyl (C=O) groups excluding carboxylic acids is 3. The minimum Gasteiger partial charge on any atom is -0.344 e. The number of piperazine rings is 1. The highest BCUT2D eigenvalue weighted by Gasteiger charge is 2.26. The molecule has 1 fully saturated rings. The number of nitrogens with zero attached hydrogens (tertiary/aromatic N) is 3. The van der Waals surface area contributed by atoms with E-state index in [-0.39, 0.29) is 18.1 Å². The molecule has 182 valence electrons. The largest absolute Gasteiger partial charge is 0.344 e. The summed E-state index contributed by atoms with van der Waals surface area (Å²) in [6, 6.07) is 13.4. The average Bonchev–Trinajstić information content (AvgIpc) is 2.86. The Morgan fingerprint density at radius 3 is 2.18 bits per heavy atom. The van der Waals surface area contributed by atoms with Crippen LogP contribution in [-0.2, 0) is 11.3 Å². The van der Waals surface area contributed by atoms with E-state index in [9.17, 15) is 23.2 Å². The van der Waals surface area contributed by atoms with Gasteiger partial charge in [0.25, 0.3) is 5.91 Å². The van der Waals surface area contributed by atoms with E-state index >= 15 is 0 Å². The van der Waals surface area contributed by atoms with Gasteiger partial charge in [0.1, 0.15) is 0 Å². The predicted molar refractivity (Wildman–Crippen MR) is 127 cm³/mol. The Kier molecular flexibility index (Phi) is 8.95. The summed E-state index contributed by atoms with van der Waals surface area (Å²) in [5.41, 5.74) is 1.75. The van der Waals surface area contributed by atoms with Crippen molar-refractivity contribution >= 4 is 35.0 Å². The Bertz CT molecular complexity index is 994. The number of urea groups is 1. The highest BCUT2D eigenvalue weighted by Crippen LogP contribution is 2.23. The summed E-state index contributed by atoms with van der Waals surface area (Å²) in [6.45, 7) is 5.69. The van der Waals surface area contributed by atoms with E-state index in [2.05, 4.69) is 11.8 Å². The zero-order valence-electron chi connectivity index (χ0n) is 18.8. The van der Waals surface area contributed by atoms with Crippen LogP contribution in [0.2, 0.25) is 5.02 Å². The van der Waals surface area contributed by atoms with E-state index in [0.29, 0.717) is 23.8 Å². The van der Waals surface area contributed by atoms with E-state index in [0.717, 1.165) is 25.2 Å². The Morgan fingerprint density at radius 1 is 1.00 bits per heavy atom. The molecular formula is C24H27ClF2N4O3. The summed E-state index contributed by atoms with van der Waals surface area (Å²) >= 11 is 6.03. The molecule has 0 radical (unpaired) electrons. The number of amides is 3. The molecule has 34 heavy (non-hydrogen) atoms. The lowest BCUT2D eigenvalue weighted by molar-refractivity contribution is -0.131. The molecule has 3 amide bonds. The smallest absolute Gasteiger partial charge is 0.324 e. The van der Waals surface area contributed by atoms with Gasteiger partial charge < -0.3 is 15.1 Å². The maximum Gasteiger partial charge on any atom is 0.324 e. The van der Waals surface area contributed by atoms with Crippen LogP contribution in [0.1, 0.15) is 22.8 Å². The van der Waals surface area contributed by atoms with Gasteiger partial charge >= 0.3 is 12.5 Å². The number of hydrogen-bond acceptors (Lipinski definition) is 4. The molecule has 2 aromatic rings. The van der Waals surface area contributed by atoms with Gasteiger partial charge in [-0.05, 0) is 36.4 Å². The van der Waals surface area contributed by atoms with Crippen molar-refractivity contribution in [2.24, 2.45) is 0 Å². The summed E-state index contributed by atoms with van der Waals surface area (Å²) in [5, 5.41) is 2.47. The van der Waals surface area contributed by atoms with Crippen molar-refractivity contribution in [1.29, 1.82) is 0 Å². The number of likely N-dealkylation sites (N-methyl/N-ethyl adjacent to an activating group) is 1. The van der Waals surface area contributed by atoms with Crippen molar-refractivity contribution in [3.05, 3.63) is 64.7 Å². The number of Topliss-reactive ketones (excluding diaryl/α,β-unsaturated/α-hetero) is 1. The van der Waals surface area contributed by atoms with Gasteiger partial charge in [-0.1, -0.05) is 42.8 Å². The number of rotatable bonds is 8. The van der Waals surface area contributed by atoms with Crippen LogP contribution in [0.4, 0.5) is 19.3 Å². The van der Waals surface area contributed by atoms with Crippen molar-refractivity contribution in [3.63, 3.8) is 0 Å². The first-order valence-corrected chi connectivity index (χ1v) is 11.4. The molecule has 0 spiro atoms. The molecule has 7 nitrogen and oxygen atoms in total. The van der Waals surface area contributed by atoms with Crippen molar-refractivity contribution in [1.82, 2.24) is 15.1 Å². The van der Waals surface area contributed by atoms with Crippen LogP contribution in [-0.4, -0.2) is 73.2 Å². The van der Waals surface area contributed by atoms with E-state index in [4.69, 9.17) is 11.6 Å². The van der Waals surface area contributed by atoms with Gasteiger partial charge in [0.05, 0.1) is 13.1 Å². The molecule has 0 aliphatic carbocycles. The second kappa shape index (κ2) is 11.9. The fourth-order valence-electron chi connectivity index (χ4n) is 3.64. The molecule has 1 saturated heterocycles. The molecule has 0 unspecified atom stereocenters. The maximum atomic E-state index is 13.4. The van der Waals surface area contributed by atoms with Gasteiger partial charge in [-0.25, -0.2) is 4.79 Å². The SMILES string of the molecule is CCN1CCN(C(=O)N(Cc2ccc(C(=O)CNC(=O)C(F)F)cc2)c2ccc(Cl)cc2)CC1. The summed E-state index contributed by atoms with van der Waals surface area (Å²) < 4.78 is 24.6. The lowest BCUT2D eigenvalue weighted by Gasteiger charge is -2.37. The van der Waals surface area contributed by atoms with Crippen LogP contribution < -0.4 is 10.2 Å². The van der Waals surface area contributed by atoms with Gasteiger partial charge in [0.2, 0.25) is 0 Å². The van der Waals surface area contributed by atoms with Gasteiger partial charge in [-0.3, -0.25) is 14.5 Å². The first kappa shape index (κ1) is 25.6. The van der Waals surface area contributed by atoms with Gasteiger partial charge in [0, 0.05) is 42.5 Å². The van der Waals surface area contributed by atoms with Gasteiger partial charge in [0.15, 0.2) is 5.78 Å². The molecule has 0 bridgehead atoms. The minimum absolute atomic E-state index is 0.118. The molecule has 1 aliphatic rings. The average molecular weight is 493 g/mol. The Balaban J connectivity index is 1.72. The lowest BCUT2D eigenvalue weighted by atomic mass is 10.1. The molecule has 1 aliphatic heterocycles. The number of ketones is 1. The van der Waals surface area contributed by atoms with Crippen LogP contribution in [0.25, 0.3) is 0 Å². The van der Waals surface area contributed by atoms with Crippen LogP contribution in [0.3, 0.4) is 0 Å². The second-order valence-electron chi connectivity index (χ2n) is 7.91. The molecule has 0 aromatic heterocycles. The van der Waals surface area contributed by atoms with Gasteiger partial charge in [-0.2, -0.15) is 8.78 Å². The van der Waals surface area contributed by atoms with E-state index in [1.807, 2.05) is 10.2 Å². The summed E-state index contributed by atoms with van der Waals surface area (Å²) in [4.78, 5) is 42.3. The topological polar surface area (TPSA) is 73.0 Å². The summed E-state index contributed by atoms with van der Waals surface area (Å²) in [6.07, 6.45) is -3.17. The fraction of sp³-hybridized carbons (Fsp3) is 0.375. The molecular weight excluding hydrogens is 466 g/mol. The normalized spacial score (nSPS) is 14.2. The zero-order chi connectivity index (χ0) is 24.7. The van der Waals surface area contributed by atoms with Crippen LogP contribution in [0.5, 0.6) is 0 Å². The van der Waals surface area contributed by atoms with Crippen LogP contribution in [0, 0.1) is 0 Å². The first-order chi connectivity index (χ1) is 16.3. The molecule has 2 aromatic carbocycles. The molecule has 1 heterocycles. The van der Waals surface area contributed by atoms with Crippen LogP contribution in [0.15, 0.2) is 48.5 Å². The molecule has 10 heteroatoms. The van der Waals surface area contributed by atoms with Crippen molar-refractivity contribution in [2.45, 2.75) is 19.9 Å². The number of hydrogen-bond donors (Lipinski definition) is 1. The second-order valence-corrected chi connectivity index (χ2v) is 8.34. The number of carbonyl (C=O) groups is 3. The zero-order valence-corrected chi connectivity index (χ0v) is 19.6. The number of benzene rings is 2. The van der Waals surface area contributed by atoms with Crippen molar-refractivity contribution in [2.75, 3.05) is 44.2 Å². The predicted octanol–water partition coefficient (Wildman–Crippen LogP) is 3.67. The Morgan fingerprint density at radius 2 is 1.62 bits per heavy atom. The van der Waals surface area contributed by atoms with Crippen molar-refractivity contribution in [3.8, 4) is 0 Å². The standard InChI is InChI=1S/C24H27ClF2N4O3/c1-2-29-11-13-30(14-12-29)24(34)31(20-9-7-19(25)8-10-20)16-17-3-5-18(6-4-17)21(32)15-28-23(33)22(26)27/h3-10,22H,2,11-16H2,1H3,(H,28,33). The monoisotopic (exact) mass is 492 g/mol. The summed E-state index contributed by atoms with van der Waals surface area (Å²) in [7, 11) is 0. The first-order valence-electron chi connectivity index (χ1n) is 11.0. The summed E-state index contributed by atoms with van der Waals surface area (Å²) in [5.74, 6) is -1.97. The highest BCUT2D eigenvalue weighted by molar-refractivity contribution is 6.30. The number of nitrogens with one attached hydrogen (secondary N) is 1. The third kappa shape index (κ3) is 6.74. The fourth-order valence-corrected chi connectivity index (χ4v) is 3.77. The minimum atomic E-state index is -3.17.